The zero-order chi connectivity index (χ0) is 11.8. The minimum absolute atomic E-state index is 0.0834. The van der Waals surface area contributed by atoms with Gasteiger partial charge in [0.25, 0.3) is 0 Å². The van der Waals surface area contributed by atoms with E-state index in [0.717, 1.165) is 18.9 Å². The van der Waals surface area contributed by atoms with E-state index in [1.165, 1.54) is 0 Å². The number of aliphatic carboxylic acids is 1. The number of carboxylic acids is 1. The van der Waals surface area contributed by atoms with Gasteiger partial charge in [-0.15, -0.1) is 11.8 Å². The van der Waals surface area contributed by atoms with Crippen LogP contribution in [0.5, 0.6) is 0 Å². The summed E-state index contributed by atoms with van der Waals surface area (Å²) in [5.41, 5.74) is 0. The first-order valence-electron chi connectivity index (χ1n) is 4.23. The molecule has 0 aliphatic heterocycles. The minimum Gasteiger partial charge on any atom is -0.480 e. The summed E-state index contributed by atoms with van der Waals surface area (Å²) in [4.78, 5) is 32.2. The summed E-state index contributed by atoms with van der Waals surface area (Å²) in [6, 6.07) is 0. The van der Waals surface area contributed by atoms with Crippen LogP contribution in [0.15, 0.2) is 0 Å². The molecule has 0 bridgehead atoms. The number of hydrogen-bond acceptors (Lipinski definition) is 5. The third-order valence-corrected chi connectivity index (χ3v) is 2.85. The Kier molecular flexibility index (Phi) is 6.52. The Morgan fingerprint density at radius 1 is 1.47 bits per heavy atom. The molecule has 0 heterocycles. The lowest BCUT2D eigenvalue weighted by Crippen LogP contribution is -2.32. The highest BCUT2D eigenvalue weighted by Gasteiger charge is 2.17. The molecule has 0 rings (SSSR count). The van der Waals surface area contributed by atoms with Crippen molar-refractivity contribution in [2.45, 2.75) is 18.6 Å². The molecule has 0 saturated heterocycles. The second-order valence-electron chi connectivity index (χ2n) is 2.59. The minimum atomic E-state index is -0.964. The Bertz CT molecular complexity index is 255. The van der Waals surface area contributed by atoms with E-state index in [9.17, 15) is 14.4 Å². The third kappa shape index (κ3) is 5.95. The molecule has 0 aromatic heterocycles. The van der Waals surface area contributed by atoms with Gasteiger partial charge in [0.05, 0.1) is 12.9 Å². The van der Waals surface area contributed by atoms with Crippen LogP contribution in [-0.2, 0) is 14.3 Å². The van der Waals surface area contributed by atoms with Gasteiger partial charge in [0.15, 0.2) is 0 Å². The van der Waals surface area contributed by atoms with Crippen LogP contribution in [0.1, 0.15) is 13.3 Å². The molecule has 0 aliphatic carbocycles. The van der Waals surface area contributed by atoms with Crippen LogP contribution in [-0.4, -0.2) is 41.2 Å². The van der Waals surface area contributed by atoms with E-state index in [4.69, 9.17) is 5.11 Å². The van der Waals surface area contributed by atoms with E-state index < -0.39 is 23.2 Å². The number of carbonyl (C=O) groups excluding carboxylic acids is 2. The van der Waals surface area contributed by atoms with Crippen LogP contribution in [0.3, 0.4) is 0 Å². The highest BCUT2D eigenvalue weighted by molar-refractivity contribution is 8.01. The third-order valence-electron chi connectivity index (χ3n) is 1.49. The summed E-state index contributed by atoms with van der Waals surface area (Å²) in [5.74, 6) is -1.61. The SMILES string of the molecule is CCC(SCC(=O)NC(=O)OC)C(=O)O. The Morgan fingerprint density at radius 3 is 2.47 bits per heavy atom. The molecule has 0 saturated carbocycles. The number of carboxylic acid groups (broad SMARTS) is 1. The number of nitrogens with one attached hydrogen (secondary N) is 1. The van der Waals surface area contributed by atoms with E-state index in [0.29, 0.717) is 6.42 Å². The average molecular weight is 235 g/mol. The first kappa shape index (κ1) is 13.8. The van der Waals surface area contributed by atoms with Crippen molar-refractivity contribution >= 4 is 29.7 Å². The molecule has 0 aromatic carbocycles. The van der Waals surface area contributed by atoms with Crippen molar-refractivity contribution in [3.8, 4) is 0 Å². The van der Waals surface area contributed by atoms with Crippen molar-refractivity contribution in [2.24, 2.45) is 0 Å². The maximum Gasteiger partial charge on any atom is 0.413 e. The number of hydrogen-bond donors (Lipinski definition) is 2. The molecule has 2 N–H and O–H groups in total. The second-order valence-corrected chi connectivity index (χ2v) is 3.78. The van der Waals surface area contributed by atoms with Gasteiger partial charge < -0.3 is 9.84 Å². The Morgan fingerprint density at radius 2 is 2.07 bits per heavy atom. The highest BCUT2D eigenvalue weighted by Crippen LogP contribution is 2.13. The smallest absolute Gasteiger partial charge is 0.413 e. The van der Waals surface area contributed by atoms with E-state index in [-0.39, 0.29) is 5.75 Å². The molecule has 0 aromatic rings. The number of carbonyl (C=O) groups is 3. The number of thioether (sulfide) groups is 1. The van der Waals surface area contributed by atoms with Crippen molar-refractivity contribution in [2.75, 3.05) is 12.9 Å². The summed E-state index contributed by atoms with van der Waals surface area (Å²) in [6.45, 7) is 1.71. The summed E-state index contributed by atoms with van der Waals surface area (Å²) in [7, 11) is 1.14. The molecule has 1 atom stereocenters. The topological polar surface area (TPSA) is 92.7 Å². The van der Waals surface area contributed by atoms with Crippen molar-refractivity contribution < 1.29 is 24.2 Å². The van der Waals surface area contributed by atoms with Gasteiger partial charge in [0, 0.05) is 0 Å². The van der Waals surface area contributed by atoms with E-state index in [2.05, 4.69) is 4.74 Å². The van der Waals surface area contributed by atoms with Gasteiger partial charge in [-0.1, -0.05) is 6.92 Å². The first-order chi connectivity index (χ1) is 7.01. The zero-order valence-corrected chi connectivity index (χ0v) is 9.30. The predicted octanol–water partition coefficient (Wildman–Crippen LogP) is 0.465. The predicted molar refractivity (Wildman–Crippen MR) is 54.7 cm³/mol. The second kappa shape index (κ2) is 7.10. The molecule has 1 unspecified atom stereocenters. The molecule has 0 fully saturated rings. The monoisotopic (exact) mass is 235 g/mol. The standard InChI is InChI=1S/C8H13NO5S/c1-3-5(7(11)12)15-4-6(10)9-8(13)14-2/h5H,3-4H2,1-2H3,(H,11,12)(H,9,10,13). The van der Waals surface area contributed by atoms with E-state index in [1.54, 1.807) is 6.92 Å². The molecule has 0 spiro atoms. The van der Waals surface area contributed by atoms with Crippen molar-refractivity contribution in [1.29, 1.82) is 0 Å². The first-order valence-corrected chi connectivity index (χ1v) is 5.28. The molecular weight excluding hydrogens is 222 g/mol. The van der Waals surface area contributed by atoms with Gasteiger partial charge >= 0.3 is 12.1 Å². The maximum atomic E-state index is 11.0. The Hall–Kier alpha value is -1.24. The van der Waals surface area contributed by atoms with Crippen LogP contribution in [0.25, 0.3) is 0 Å². The fourth-order valence-electron chi connectivity index (χ4n) is 0.741. The number of methoxy groups -OCH3 is 1. The molecular formula is C8H13NO5S. The summed E-state index contributed by atoms with van der Waals surface area (Å²) >= 11 is 0.971. The van der Waals surface area contributed by atoms with Crippen LogP contribution in [0.2, 0.25) is 0 Å². The molecule has 0 aliphatic rings. The number of ether oxygens (including phenoxy) is 1. The van der Waals surface area contributed by atoms with E-state index >= 15 is 0 Å². The lowest BCUT2D eigenvalue weighted by molar-refractivity contribution is -0.136. The van der Waals surface area contributed by atoms with Crippen molar-refractivity contribution in [3.63, 3.8) is 0 Å². The average Bonchev–Trinajstić information content (AvgIpc) is 2.17. The summed E-state index contributed by atoms with van der Waals surface area (Å²) in [6.07, 6.45) is -0.421. The summed E-state index contributed by atoms with van der Waals surface area (Å²) in [5, 5.41) is 9.97. The summed E-state index contributed by atoms with van der Waals surface area (Å²) < 4.78 is 4.20. The van der Waals surface area contributed by atoms with Crippen LogP contribution >= 0.6 is 11.8 Å². The lowest BCUT2D eigenvalue weighted by Gasteiger charge is -2.08. The molecule has 7 heteroatoms. The Balaban J connectivity index is 3.88. The van der Waals surface area contributed by atoms with Crippen LogP contribution in [0, 0.1) is 0 Å². The van der Waals surface area contributed by atoms with E-state index in [1.807, 2.05) is 5.32 Å². The quantitative estimate of drug-likeness (QED) is 0.719. The maximum absolute atomic E-state index is 11.0. The van der Waals surface area contributed by atoms with Crippen molar-refractivity contribution in [3.05, 3.63) is 0 Å². The van der Waals surface area contributed by atoms with Gasteiger partial charge in [-0.2, -0.15) is 0 Å². The Labute approximate surface area is 91.4 Å². The number of alkyl carbamates (subject to hydrolysis) is 1. The fourth-order valence-corrected chi connectivity index (χ4v) is 1.54. The van der Waals surface area contributed by atoms with Gasteiger partial charge in [-0.25, -0.2) is 4.79 Å². The largest absolute Gasteiger partial charge is 0.480 e. The highest BCUT2D eigenvalue weighted by atomic mass is 32.2. The van der Waals surface area contributed by atoms with Crippen molar-refractivity contribution in [1.82, 2.24) is 5.32 Å². The zero-order valence-electron chi connectivity index (χ0n) is 8.48. The normalized spacial score (nSPS) is 11.6. The fraction of sp³-hybridized carbons (Fsp3) is 0.625. The number of amides is 2. The molecule has 6 nitrogen and oxygen atoms in total. The van der Waals surface area contributed by atoms with Gasteiger partial charge in [0.1, 0.15) is 5.25 Å². The van der Waals surface area contributed by atoms with Gasteiger partial charge in [-0.05, 0) is 6.42 Å². The molecule has 2 amide bonds. The van der Waals surface area contributed by atoms with Gasteiger partial charge in [-0.3, -0.25) is 14.9 Å². The van der Waals surface area contributed by atoms with Crippen LogP contribution < -0.4 is 5.32 Å². The van der Waals surface area contributed by atoms with Crippen LogP contribution in [0.4, 0.5) is 4.79 Å². The lowest BCUT2D eigenvalue weighted by atomic mass is 10.3. The number of rotatable bonds is 5. The number of imide groups is 1. The van der Waals surface area contributed by atoms with Gasteiger partial charge in [0.2, 0.25) is 5.91 Å². The molecule has 15 heavy (non-hydrogen) atoms. The molecule has 86 valence electrons. The molecule has 0 radical (unpaired) electrons.